The molecule has 1 unspecified atom stereocenters. The molecule has 0 spiro atoms. The number of nitrogens with one attached hydrogen (secondary N) is 3. The maximum atomic E-state index is 12.3. The third-order valence-electron chi connectivity index (χ3n) is 3.89. The first-order chi connectivity index (χ1) is 14.1. The minimum Gasteiger partial charge on any atom is -0.452 e. The van der Waals surface area contributed by atoms with Crippen LogP contribution in [0.5, 0.6) is 0 Å². The number of carbonyl (C=O) groups excluding carboxylic acids is 3. The number of hydrogen-bond acceptors (Lipinski definition) is 6. The SMILES string of the molecule is CC(=O)Nc1ccc(S(=O)(=O)NCC(=O)OC(C)C(=O)Nc2ccc(C)cc2)cc1. The van der Waals surface area contributed by atoms with Crippen molar-refractivity contribution in [3.05, 3.63) is 54.1 Å². The number of rotatable bonds is 8. The number of amides is 2. The maximum Gasteiger partial charge on any atom is 0.321 e. The fraction of sp³-hybridized carbons (Fsp3) is 0.250. The fourth-order valence-electron chi connectivity index (χ4n) is 2.33. The second-order valence-electron chi connectivity index (χ2n) is 6.52. The summed E-state index contributed by atoms with van der Waals surface area (Å²) < 4.78 is 31.6. The number of ether oxygens (including phenoxy) is 1. The van der Waals surface area contributed by atoms with E-state index in [0.29, 0.717) is 11.4 Å². The monoisotopic (exact) mass is 433 g/mol. The van der Waals surface area contributed by atoms with Gasteiger partial charge in [0.15, 0.2) is 6.10 Å². The third kappa shape index (κ3) is 6.98. The van der Waals surface area contributed by atoms with Crippen LogP contribution in [0.1, 0.15) is 19.4 Å². The number of carbonyl (C=O) groups is 3. The van der Waals surface area contributed by atoms with Gasteiger partial charge in [0.2, 0.25) is 15.9 Å². The molecule has 0 fully saturated rings. The zero-order valence-electron chi connectivity index (χ0n) is 16.8. The molecule has 10 heteroatoms. The van der Waals surface area contributed by atoms with Crippen molar-refractivity contribution >= 4 is 39.2 Å². The quantitative estimate of drug-likeness (QED) is 0.544. The predicted molar refractivity (Wildman–Crippen MR) is 111 cm³/mol. The van der Waals surface area contributed by atoms with Crippen molar-refractivity contribution in [1.82, 2.24) is 4.72 Å². The number of hydrogen-bond donors (Lipinski definition) is 3. The Labute approximate surface area is 174 Å². The van der Waals surface area contributed by atoms with Gasteiger partial charge in [-0.15, -0.1) is 0 Å². The van der Waals surface area contributed by atoms with E-state index < -0.39 is 34.5 Å². The molecular formula is C20H23N3O6S. The lowest BCUT2D eigenvalue weighted by Gasteiger charge is -2.14. The molecule has 2 aromatic carbocycles. The molecule has 3 N–H and O–H groups in total. The summed E-state index contributed by atoms with van der Waals surface area (Å²) in [5, 5.41) is 5.13. The summed E-state index contributed by atoms with van der Waals surface area (Å²) in [4.78, 5) is 35.0. The van der Waals surface area contributed by atoms with Crippen LogP contribution in [-0.2, 0) is 29.1 Å². The third-order valence-corrected chi connectivity index (χ3v) is 5.31. The van der Waals surface area contributed by atoms with E-state index in [0.717, 1.165) is 5.56 Å². The topological polar surface area (TPSA) is 131 Å². The Hall–Kier alpha value is -3.24. The van der Waals surface area contributed by atoms with Crippen LogP contribution >= 0.6 is 0 Å². The summed E-state index contributed by atoms with van der Waals surface area (Å²) in [6.45, 7) is 3.99. The zero-order valence-corrected chi connectivity index (χ0v) is 17.6. The summed E-state index contributed by atoms with van der Waals surface area (Å²) in [5.74, 6) is -1.73. The molecule has 0 aliphatic heterocycles. The van der Waals surface area contributed by atoms with Crippen LogP contribution in [0.4, 0.5) is 11.4 Å². The lowest BCUT2D eigenvalue weighted by molar-refractivity contribution is -0.151. The number of sulfonamides is 1. The summed E-state index contributed by atoms with van der Waals surface area (Å²) in [6.07, 6.45) is -1.11. The van der Waals surface area contributed by atoms with Crippen LogP contribution in [0.15, 0.2) is 53.4 Å². The van der Waals surface area contributed by atoms with Crippen molar-refractivity contribution in [2.45, 2.75) is 31.8 Å². The Morgan fingerprint density at radius 1 is 0.933 bits per heavy atom. The summed E-state index contributed by atoms with van der Waals surface area (Å²) in [5.41, 5.74) is 2.02. The van der Waals surface area contributed by atoms with E-state index in [9.17, 15) is 22.8 Å². The van der Waals surface area contributed by atoms with Crippen molar-refractivity contribution in [1.29, 1.82) is 0 Å². The molecule has 160 valence electrons. The van der Waals surface area contributed by atoms with Crippen molar-refractivity contribution in [3.8, 4) is 0 Å². The summed E-state index contributed by atoms with van der Waals surface area (Å²) in [6, 6.07) is 12.5. The van der Waals surface area contributed by atoms with Crippen LogP contribution in [-0.4, -0.2) is 38.9 Å². The van der Waals surface area contributed by atoms with E-state index in [2.05, 4.69) is 15.4 Å². The van der Waals surface area contributed by atoms with Crippen LogP contribution in [0.2, 0.25) is 0 Å². The van der Waals surface area contributed by atoms with Crippen molar-refractivity contribution in [2.24, 2.45) is 0 Å². The molecule has 1 atom stereocenters. The van der Waals surface area contributed by atoms with Crippen LogP contribution in [0.25, 0.3) is 0 Å². The van der Waals surface area contributed by atoms with Gasteiger partial charge in [-0.05, 0) is 50.2 Å². The molecule has 9 nitrogen and oxygen atoms in total. The molecule has 0 bridgehead atoms. The molecule has 2 amide bonds. The van der Waals surface area contributed by atoms with Gasteiger partial charge < -0.3 is 15.4 Å². The molecule has 0 saturated carbocycles. The van der Waals surface area contributed by atoms with E-state index in [4.69, 9.17) is 4.74 Å². The van der Waals surface area contributed by atoms with E-state index in [1.807, 2.05) is 19.1 Å². The molecule has 0 saturated heterocycles. The lowest BCUT2D eigenvalue weighted by atomic mass is 10.2. The minimum atomic E-state index is -3.97. The second kappa shape index (κ2) is 9.99. The van der Waals surface area contributed by atoms with E-state index in [-0.39, 0.29) is 10.8 Å². The first-order valence-electron chi connectivity index (χ1n) is 9.01. The average molecular weight is 433 g/mol. The fourth-order valence-corrected chi connectivity index (χ4v) is 3.30. The number of esters is 1. The van der Waals surface area contributed by atoms with Gasteiger partial charge in [0.05, 0.1) is 4.90 Å². The standard InChI is InChI=1S/C20H23N3O6S/c1-13-4-6-17(7-5-13)23-20(26)14(2)29-19(25)12-21-30(27,28)18-10-8-16(9-11-18)22-15(3)24/h4-11,14,21H,12H2,1-3H3,(H,22,24)(H,23,26). The van der Waals surface area contributed by atoms with Gasteiger partial charge in [-0.3, -0.25) is 14.4 Å². The van der Waals surface area contributed by atoms with Crippen molar-refractivity contribution in [2.75, 3.05) is 17.2 Å². The van der Waals surface area contributed by atoms with E-state index in [1.54, 1.807) is 12.1 Å². The first-order valence-corrected chi connectivity index (χ1v) is 10.5. The molecule has 0 radical (unpaired) electrons. The highest BCUT2D eigenvalue weighted by molar-refractivity contribution is 7.89. The second-order valence-corrected chi connectivity index (χ2v) is 8.28. The minimum absolute atomic E-state index is 0.0884. The van der Waals surface area contributed by atoms with Gasteiger partial charge in [-0.25, -0.2) is 8.42 Å². The van der Waals surface area contributed by atoms with Crippen molar-refractivity contribution < 1.29 is 27.5 Å². The summed E-state index contributed by atoms with van der Waals surface area (Å²) in [7, 11) is -3.97. The zero-order chi connectivity index (χ0) is 22.3. The predicted octanol–water partition coefficient (Wildman–Crippen LogP) is 1.80. The van der Waals surface area contributed by atoms with Crippen LogP contribution in [0.3, 0.4) is 0 Å². The summed E-state index contributed by atoms with van der Waals surface area (Å²) >= 11 is 0. The Balaban J connectivity index is 1.87. The normalized spacial score (nSPS) is 12.0. The van der Waals surface area contributed by atoms with Gasteiger partial charge in [-0.2, -0.15) is 4.72 Å². The highest BCUT2D eigenvalue weighted by Gasteiger charge is 2.20. The van der Waals surface area contributed by atoms with E-state index in [1.165, 1.54) is 38.1 Å². The Morgan fingerprint density at radius 3 is 2.03 bits per heavy atom. The van der Waals surface area contributed by atoms with Gasteiger partial charge in [0.1, 0.15) is 6.54 Å². The van der Waals surface area contributed by atoms with Crippen LogP contribution in [0, 0.1) is 6.92 Å². The average Bonchev–Trinajstić information content (AvgIpc) is 2.68. The molecule has 0 aliphatic rings. The first kappa shape index (κ1) is 23.0. The highest BCUT2D eigenvalue weighted by atomic mass is 32.2. The number of aryl methyl sites for hydroxylation is 1. The number of anilines is 2. The Morgan fingerprint density at radius 2 is 1.47 bits per heavy atom. The van der Waals surface area contributed by atoms with E-state index >= 15 is 0 Å². The maximum absolute atomic E-state index is 12.3. The molecule has 2 rings (SSSR count). The molecule has 0 heterocycles. The molecule has 0 aliphatic carbocycles. The largest absolute Gasteiger partial charge is 0.452 e. The molecular weight excluding hydrogens is 410 g/mol. The highest BCUT2D eigenvalue weighted by Crippen LogP contribution is 2.14. The van der Waals surface area contributed by atoms with Crippen molar-refractivity contribution in [3.63, 3.8) is 0 Å². The molecule has 0 aromatic heterocycles. The van der Waals surface area contributed by atoms with Gasteiger partial charge in [0.25, 0.3) is 5.91 Å². The number of benzene rings is 2. The Bertz CT molecular complexity index is 1020. The smallest absolute Gasteiger partial charge is 0.321 e. The van der Waals surface area contributed by atoms with Gasteiger partial charge in [0, 0.05) is 18.3 Å². The molecule has 30 heavy (non-hydrogen) atoms. The van der Waals surface area contributed by atoms with Gasteiger partial charge in [-0.1, -0.05) is 17.7 Å². The lowest BCUT2D eigenvalue weighted by Crippen LogP contribution is -2.35. The molecule has 2 aromatic rings. The Kier molecular flexibility index (Phi) is 7.67. The van der Waals surface area contributed by atoms with Crippen LogP contribution < -0.4 is 15.4 Å². The van der Waals surface area contributed by atoms with Gasteiger partial charge >= 0.3 is 5.97 Å².